The maximum atomic E-state index is 13.0. The number of fused-ring (bicyclic) bond motifs is 1. The standard InChI is InChI=1S/C21H30F3N3O3S/c1-13(2)10-18(25)20(28)26(3)19-9-4-14-11-27(12-17(14)19)31(29,30)16-7-5-15(6-8-16)21(22,23)24/h5-8,13-14,17-19H,4,9-12,25H2,1-3H3/t14-,17+,18+,19+/m1/s1. The summed E-state index contributed by atoms with van der Waals surface area (Å²) >= 11 is 0. The Kier molecular flexibility index (Phi) is 6.74. The van der Waals surface area contributed by atoms with Crippen molar-refractivity contribution in [2.75, 3.05) is 20.1 Å². The SMILES string of the molecule is CC(C)C[C@H](N)C(=O)N(C)[C@H]1CC[C@@H]2CN(S(=O)(=O)c3ccc(C(F)(F)F)cc3)C[C@@H]21. The van der Waals surface area contributed by atoms with Gasteiger partial charge in [0.2, 0.25) is 15.9 Å². The first kappa shape index (κ1) is 24.0. The summed E-state index contributed by atoms with van der Waals surface area (Å²) in [6.45, 7) is 4.56. The average Bonchev–Trinajstić information content (AvgIpc) is 3.27. The summed E-state index contributed by atoms with van der Waals surface area (Å²) in [5, 5.41) is 0. The minimum atomic E-state index is -4.52. The molecule has 1 amide bonds. The number of amides is 1. The number of carbonyl (C=O) groups is 1. The van der Waals surface area contributed by atoms with Gasteiger partial charge in [-0.2, -0.15) is 17.5 Å². The molecule has 10 heteroatoms. The second-order valence-corrected chi connectivity index (χ2v) is 11.0. The maximum Gasteiger partial charge on any atom is 0.416 e. The lowest BCUT2D eigenvalue weighted by atomic mass is 9.96. The molecule has 1 saturated heterocycles. The van der Waals surface area contributed by atoms with Crippen molar-refractivity contribution in [3.05, 3.63) is 29.8 Å². The van der Waals surface area contributed by atoms with Gasteiger partial charge in [0, 0.05) is 26.2 Å². The van der Waals surface area contributed by atoms with Gasteiger partial charge in [0.05, 0.1) is 16.5 Å². The van der Waals surface area contributed by atoms with Gasteiger partial charge < -0.3 is 10.6 Å². The van der Waals surface area contributed by atoms with Crippen molar-refractivity contribution in [3.63, 3.8) is 0 Å². The number of likely N-dealkylation sites (N-methyl/N-ethyl adjacent to an activating group) is 1. The van der Waals surface area contributed by atoms with Gasteiger partial charge in [0.25, 0.3) is 0 Å². The highest BCUT2D eigenvalue weighted by Crippen LogP contribution is 2.42. The van der Waals surface area contributed by atoms with Crippen LogP contribution in [-0.4, -0.2) is 55.8 Å². The molecule has 2 fully saturated rings. The molecule has 0 bridgehead atoms. The lowest BCUT2D eigenvalue weighted by Gasteiger charge is -2.32. The van der Waals surface area contributed by atoms with Crippen LogP contribution in [0.25, 0.3) is 0 Å². The molecule has 6 nitrogen and oxygen atoms in total. The zero-order valence-electron chi connectivity index (χ0n) is 18.0. The molecule has 0 aromatic heterocycles. The van der Waals surface area contributed by atoms with Crippen molar-refractivity contribution in [1.29, 1.82) is 0 Å². The van der Waals surface area contributed by atoms with Crippen LogP contribution in [0.1, 0.15) is 38.7 Å². The van der Waals surface area contributed by atoms with E-state index in [1.54, 1.807) is 11.9 Å². The smallest absolute Gasteiger partial charge is 0.341 e. The number of hydrogen-bond acceptors (Lipinski definition) is 4. The molecular formula is C21H30F3N3O3S. The van der Waals surface area contributed by atoms with Gasteiger partial charge in [-0.05, 0) is 61.3 Å². The summed E-state index contributed by atoms with van der Waals surface area (Å²) in [6.07, 6.45) is -2.35. The summed E-state index contributed by atoms with van der Waals surface area (Å²) in [4.78, 5) is 14.3. The van der Waals surface area contributed by atoms with E-state index in [1.165, 1.54) is 4.31 Å². The number of carbonyl (C=O) groups excluding carboxylic acids is 1. The van der Waals surface area contributed by atoms with E-state index >= 15 is 0 Å². The third-order valence-corrected chi connectivity index (χ3v) is 8.34. The molecular weight excluding hydrogens is 431 g/mol. The number of sulfonamides is 1. The molecule has 0 spiro atoms. The van der Waals surface area contributed by atoms with E-state index in [2.05, 4.69) is 0 Å². The lowest BCUT2D eigenvalue weighted by Crippen LogP contribution is -2.49. The number of nitrogens with two attached hydrogens (primary N) is 1. The molecule has 1 aliphatic heterocycles. The van der Waals surface area contributed by atoms with Crippen molar-refractivity contribution in [2.24, 2.45) is 23.5 Å². The van der Waals surface area contributed by atoms with Gasteiger partial charge in [-0.25, -0.2) is 8.42 Å². The van der Waals surface area contributed by atoms with Crippen LogP contribution in [0.3, 0.4) is 0 Å². The largest absolute Gasteiger partial charge is 0.416 e. The van der Waals surface area contributed by atoms with Crippen molar-refractivity contribution in [1.82, 2.24) is 9.21 Å². The first-order chi connectivity index (χ1) is 14.3. The molecule has 1 aliphatic carbocycles. The van der Waals surface area contributed by atoms with E-state index in [1.807, 2.05) is 13.8 Å². The predicted molar refractivity (Wildman–Crippen MR) is 110 cm³/mol. The lowest BCUT2D eigenvalue weighted by molar-refractivity contribution is -0.137. The van der Waals surface area contributed by atoms with E-state index in [-0.39, 0.29) is 35.2 Å². The van der Waals surface area contributed by atoms with Crippen LogP contribution < -0.4 is 5.73 Å². The summed E-state index contributed by atoms with van der Waals surface area (Å²) < 4.78 is 65.7. The van der Waals surface area contributed by atoms with Crippen LogP contribution in [0.5, 0.6) is 0 Å². The average molecular weight is 462 g/mol. The summed E-state index contributed by atoms with van der Waals surface area (Å²) in [7, 11) is -2.18. The number of nitrogens with zero attached hydrogens (tertiary/aromatic N) is 2. The predicted octanol–water partition coefficient (Wildman–Crippen LogP) is 2.94. The quantitative estimate of drug-likeness (QED) is 0.706. The Balaban J connectivity index is 1.72. The Labute approximate surface area is 181 Å². The summed E-state index contributed by atoms with van der Waals surface area (Å²) in [5.41, 5.74) is 5.18. The molecule has 0 radical (unpaired) electrons. The molecule has 31 heavy (non-hydrogen) atoms. The Morgan fingerprint density at radius 3 is 2.35 bits per heavy atom. The van der Waals surface area contributed by atoms with Crippen molar-refractivity contribution in [2.45, 2.75) is 56.3 Å². The second kappa shape index (κ2) is 8.71. The minimum absolute atomic E-state index is 0.00979. The Morgan fingerprint density at radius 1 is 1.19 bits per heavy atom. The highest BCUT2D eigenvalue weighted by Gasteiger charge is 2.48. The molecule has 1 saturated carbocycles. The molecule has 2 N–H and O–H groups in total. The van der Waals surface area contributed by atoms with Crippen molar-refractivity contribution < 1.29 is 26.4 Å². The first-order valence-electron chi connectivity index (χ1n) is 10.5. The topological polar surface area (TPSA) is 83.7 Å². The molecule has 4 atom stereocenters. The molecule has 174 valence electrons. The van der Waals surface area contributed by atoms with Gasteiger partial charge in [0.1, 0.15) is 0 Å². The molecule has 1 aromatic carbocycles. The first-order valence-corrected chi connectivity index (χ1v) is 12.0. The van der Waals surface area contributed by atoms with Crippen LogP contribution in [0, 0.1) is 17.8 Å². The van der Waals surface area contributed by atoms with Gasteiger partial charge >= 0.3 is 6.18 Å². The zero-order chi connectivity index (χ0) is 23.1. The van der Waals surface area contributed by atoms with Gasteiger partial charge in [-0.3, -0.25) is 4.79 Å². The van der Waals surface area contributed by atoms with Gasteiger partial charge in [0.15, 0.2) is 0 Å². The Hall–Kier alpha value is -1.65. The summed E-state index contributed by atoms with van der Waals surface area (Å²) in [6, 6.07) is 2.90. The number of halogens is 3. The van der Waals surface area contributed by atoms with Crippen LogP contribution in [-0.2, 0) is 21.0 Å². The number of rotatable bonds is 6. The maximum absolute atomic E-state index is 13.0. The normalized spacial score (nSPS) is 25.6. The fourth-order valence-corrected chi connectivity index (χ4v) is 6.41. The number of alkyl halides is 3. The van der Waals surface area contributed by atoms with Crippen molar-refractivity contribution in [3.8, 4) is 0 Å². The van der Waals surface area contributed by atoms with E-state index < -0.39 is 27.8 Å². The fraction of sp³-hybridized carbons (Fsp3) is 0.667. The van der Waals surface area contributed by atoms with Crippen LogP contribution in [0.15, 0.2) is 29.2 Å². The van der Waals surface area contributed by atoms with E-state index in [0.29, 0.717) is 18.9 Å². The Morgan fingerprint density at radius 2 is 1.81 bits per heavy atom. The minimum Gasteiger partial charge on any atom is -0.341 e. The molecule has 1 aromatic rings. The number of hydrogen-bond donors (Lipinski definition) is 1. The van der Waals surface area contributed by atoms with Crippen LogP contribution >= 0.6 is 0 Å². The Bertz CT molecular complexity index is 903. The van der Waals surface area contributed by atoms with E-state index in [4.69, 9.17) is 5.73 Å². The highest BCUT2D eigenvalue weighted by molar-refractivity contribution is 7.89. The van der Waals surface area contributed by atoms with Crippen LogP contribution in [0.4, 0.5) is 13.2 Å². The molecule has 3 rings (SSSR count). The number of benzene rings is 1. The second-order valence-electron chi connectivity index (χ2n) is 9.10. The summed E-state index contributed by atoms with van der Waals surface area (Å²) in [5.74, 6) is 0.262. The van der Waals surface area contributed by atoms with E-state index in [0.717, 1.165) is 37.1 Å². The third kappa shape index (κ3) is 4.90. The third-order valence-electron chi connectivity index (χ3n) is 6.49. The van der Waals surface area contributed by atoms with Gasteiger partial charge in [-0.15, -0.1) is 0 Å². The monoisotopic (exact) mass is 461 g/mol. The molecule has 1 heterocycles. The fourth-order valence-electron chi connectivity index (χ4n) is 4.87. The highest BCUT2D eigenvalue weighted by atomic mass is 32.2. The van der Waals surface area contributed by atoms with Gasteiger partial charge in [-0.1, -0.05) is 13.8 Å². The van der Waals surface area contributed by atoms with E-state index in [9.17, 15) is 26.4 Å². The van der Waals surface area contributed by atoms with Crippen molar-refractivity contribution >= 4 is 15.9 Å². The molecule has 2 aliphatic rings. The molecule has 0 unspecified atom stereocenters. The zero-order valence-corrected chi connectivity index (χ0v) is 18.8. The van der Waals surface area contributed by atoms with Crippen LogP contribution in [0.2, 0.25) is 0 Å².